The molecule has 0 saturated carbocycles. The first-order valence-corrected chi connectivity index (χ1v) is 15.2. The molecule has 0 bridgehead atoms. The largest absolute Gasteiger partial charge is 0.255 e. The molecule has 2 heteroatoms. The number of pyridine rings is 2. The molecule has 0 aliphatic carbocycles. The van der Waals surface area contributed by atoms with Crippen molar-refractivity contribution in [3.05, 3.63) is 133 Å². The van der Waals surface area contributed by atoms with E-state index in [1.165, 1.54) is 43.1 Å². The zero-order valence-corrected chi connectivity index (χ0v) is 24.3. The zero-order valence-electron chi connectivity index (χ0n) is 24.3. The van der Waals surface area contributed by atoms with Gasteiger partial charge in [0.1, 0.15) is 0 Å². The maximum atomic E-state index is 4.73. The van der Waals surface area contributed by atoms with Gasteiger partial charge in [0, 0.05) is 47.1 Å². The van der Waals surface area contributed by atoms with Crippen LogP contribution in [0.4, 0.5) is 0 Å². The van der Waals surface area contributed by atoms with Crippen LogP contribution in [-0.4, -0.2) is 9.97 Å². The summed E-state index contributed by atoms with van der Waals surface area (Å²) in [4.78, 5) is 9.46. The fourth-order valence-corrected chi connectivity index (χ4v) is 6.30. The summed E-state index contributed by atoms with van der Waals surface area (Å²) in [6, 6.07) is 38.8. The summed E-state index contributed by atoms with van der Waals surface area (Å²) in [7, 11) is 0. The number of hydrogen-bond donors (Lipinski definition) is 0. The normalized spacial score (nSPS) is 11.2. The number of nitrogens with zero attached hydrogens (tertiary/aromatic N) is 2. The van der Waals surface area contributed by atoms with Gasteiger partial charge in [0.05, 0.1) is 11.0 Å². The van der Waals surface area contributed by atoms with E-state index in [9.17, 15) is 0 Å². The van der Waals surface area contributed by atoms with E-state index < -0.39 is 0 Å². The van der Waals surface area contributed by atoms with Crippen molar-refractivity contribution in [1.29, 1.82) is 0 Å². The quantitative estimate of drug-likeness (QED) is 0.122. The Balaban J connectivity index is 0.959. The van der Waals surface area contributed by atoms with Gasteiger partial charge >= 0.3 is 0 Å². The van der Waals surface area contributed by atoms with E-state index in [1.807, 2.05) is 12.4 Å². The van der Waals surface area contributed by atoms with Crippen LogP contribution in [0.15, 0.2) is 122 Å². The molecule has 8 aromatic rings. The molecule has 6 aromatic carbocycles. The van der Waals surface area contributed by atoms with Crippen molar-refractivity contribution in [1.82, 2.24) is 9.97 Å². The van der Waals surface area contributed by atoms with Gasteiger partial charge in [-0.2, -0.15) is 0 Å². The topological polar surface area (TPSA) is 25.8 Å². The molecule has 8 rings (SSSR count). The molecule has 0 N–H and O–H groups in total. The summed E-state index contributed by atoms with van der Waals surface area (Å²) in [5.74, 6) is 13.4. The minimum atomic E-state index is 0.842. The van der Waals surface area contributed by atoms with E-state index in [0.29, 0.717) is 0 Å². The lowest BCUT2D eigenvalue weighted by Gasteiger charge is -2.08. The third kappa shape index (κ3) is 4.78. The van der Waals surface area contributed by atoms with Gasteiger partial charge < -0.3 is 0 Å². The highest BCUT2D eigenvalue weighted by Gasteiger charge is 2.08. The predicted molar refractivity (Wildman–Crippen MR) is 186 cm³/mol. The Morgan fingerprint density at radius 3 is 1.36 bits per heavy atom. The predicted octanol–water partition coefficient (Wildman–Crippen LogP) is 10.4. The highest BCUT2D eigenvalue weighted by Crippen LogP contribution is 2.33. The summed E-state index contributed by atoms with van der Waals surface area (Å²) in [6.07, 6.45) is 7.50. The van der Waals surface area contributed by atoms with Crippen molar-refractivity contribution in [2.45, 2.75) is 25.7 Å². The maximum absolute atomic E-state index is 4.73. The Labute approximate surface area is 256 Å². The van der Waals surface area contributed by atoms with E-state index in [0.717, 1.165) is 58.6 Å². The lowest BCUT2D eigenvalue weighted by molar-refractivity contribution is 0.782. The molecule has 2 aromatic heterocycles. The average Bonchev–Trinajstić information content (AvgIpc) is 3.08. The number of hydrogen-bond acceptors (Lipinski definition) is 2. The van der Waals surface area contributed by atoms with Crippen molar-refractivity contribution >= 4 is 64.9 Å². The Kier molecular flexibility index (Phi) is 6.60. The van der Waals surface area contributed by atoms with Gasteiger partial charge in [-0.15, -0.1) is 0 Å². The minimum Gasteiger partial charge on any atom is -0.255 e. The molecule has 44 heavy (non-hydrogen) atoms. The van der Waals surface area contributed by atoms with Crippen molar-refractivity contribution < 1.29 is 0 Å². The molecule has 0 amide bonds. The highest BCUT2D eigenvalue weighted by molar-refractivity contribution is 6.20. The fourth-order valence-electron chi connectivity index (χ4n) is 6.30. The maximum Gasteiger partial charge on any atom is 0.0709 e. The summed E-state index contributed by atoms with van der Waals surface area (Å²) in [6.45, 7) is 0. The smallest absolute Gasteiger partial charge is 0.0709 e. The molecule has 206 valence electrons. The molecular formula is C42H28N2. The minimum absolute atomic E-state index is 0.842. The first-order chi connectivity index (χ1) is 21.8. The van der Waals surface area contributed by atoms with E-state index in [4.69, 9.17) is 9.97 Å². The van der Waals surface area contributed by atoms with E-state index in [-0.39, 0.29) is 0 Å². The SMILES string of the molecule is C(#Cc1cnc2ccc3ccc4ccccc4c3c2c1)CCCCC#Cc1cnc2ccc3ccc4ccccc4c3c2c1. The van der Waals surface area contributed by atoms with Crippen LogP contribution in [0.1, 0.15) is 36.8 Å². The van der Waals surface area contributed by atoms with Gasteiger partial charge in [-0.05, 0) is 80.2 Å². The molecule has 0 radical (unpaired) electrons. The van der Waals surface area contributed by atoms with E-state index in [2.05, 4.69) is 133 Å². The first kappa shape index (κ1) is 26.0. The van der Waals surface area contributed by atoms with Crippen LogP contribution in [0.2, 0.25) is 0 Å². The van der Waals surface area contributed by atoms with Crippen LogP contribution in [0.5, 0.6) is 0 Å². The molecule has 0 spiro atoms. The third-order valence-electron chi connectivity index (χ3n) is 8.46. The second-order valence-electron chi connectivity index (χ2n) is 11.3. The van der Waals surface area contributed by atoms with Gasteiger partial charge in [0.15, 0.2) is 0 Å². The standard InChI is InChI=1S/C42H28N2/c1(3-5-11-29-25-37-39(43-27-29)23-21-33-19-17-31-13-7-9-15-35(31)41(33)37)2-4-6-12-30-26-38-40(44-28-30)24-22-34-20-18-32-14-8-10-16-36(32)42(34)38/h7-10,13-28H,1-4H2. The Hall–Kier alpha value is -5.70. The number of unbranched alkanes of at least 4 members (excludes halogenated alkanes) is 3. The lowest BCUT2D eigenvalue weighted by atomic mass is 9.97. The van der Waals surface area contributed by atoms with Crippen molar-refractivity contribution in [3.8, 4) is 23.7 Å². The molecule has 0 saturated heterocycles. The second-order valence-corrected chi connectivity index (χ2v) is 11.3. The van der Waals surface area contributed by atoms with Crippen LogP contribution < -0.4 is 0 Å². The van der Waals surface area contributed by atoms with Gasteiger partial charge in [-0.3, -0.25) is 9.97 Å². The van der Waals surface area contributed by atoms with Crippen molar-refractivity contribution in [2.24, 2.45) is 0 Å². The fraction of sp³-hybridized carbons (Fsp3) is 0.0952. The van der Waals surface area contributed by atoms with Crippen molar-refractivity contribution in [2.75, 3.05) is 0 Å². The number of fused-ring (bicyclic) bond motifs is 10. The Morgan fingerprint density at radius 2 is 0.864 bits per heavy atom. The third-order valence-corrected chi connectivity index (χ3v) is 8.46. The molecule has 0 atom stereocenters. The Morgan fingerprint density at radius 1 is 0.432 bits per heavy atom. The van der Waals surface area contributed by atoms with Crippen LogP contribution in [0, 0.1) is 23.7 Å². The summed E-state index contributed by atoms with van der Waals surface area (Å²) < 4.78 is 0. The first-order valence-electron chi connectivity index (χ1n) is 15.2. The molecule has 0 aliphatic heterocycles. The van der Waals surface area contributed by atoms with Crippen LogP contribution in [0.3, 0.4) is 0 Å². The molecular weight excluding hydrogens is 532 g/mol. The molecule has 2 nitrogen and oxygen atoms in total. The van der Waals surface area contributed by atoms with Crippen LogP contribution in [0.25, 0.3) is 64.9 Å². The monoisotopic (exact) mass is 560 g/mol. The number of rotatable bonds is 3. The molecule has 0 aliphatic rings. The summed E-state index contributed by atoms with van der Waals surface area (Å²) in [5, 5.41) is 12.3. The van der Waals surface area contributed by atoms with Crippen molar-refractivity contribution in [3.63, 3.8) is 0 Å². The van der Waals surface area contributed by atoms with Gasteiger partial charge in [0.25, 0.3) is 0 Å². The average molecular weight is 561 g/mol. The van der Waals surface area contributed by atoms with Gasteiger partial charge in [-0.1, -0.05) is 109 Å². The lowest BCUT2D eigenvalue weighted by Crippen LogP contribution is -1.86. The number of aromatic nitrogens is 2. The van der Waals surface area contributed by atoms with Gasteiger partial charge in [-0.25, -0.2) is 0 Å². The van der Waals surface area contributed by atoms with Crippen LogP contribution in [-0.2, 0) is 0 Å². The number of benzene rings is 6. The van der Waals surface area contributed by atoms with Gasteiger partial charge in [0.2, 0.25) is 0 Å². The summed E-state index contributed by atoms with van der Waals surface area (Å²) >= 11 is 0. The van der Waals surface area contributed by atoms with Crippen LogP contribution >= 0.6 is 0 Å². The zero-order chi connectivity index (χ0) is 29.3. The Bertz CT molecular complexity index is 2330. The molecule has 0 fully saturated rings. The molecule has 0 unspecified atom stereocenters. The highest BCUT2D eigenvalue weighted by atomic mass is 14.7. The summed E-state index contributed by atoms with van der Waals surface area (Å²) in [5.41, 5.74) is 3.92. The molecule has 2 heterocycles. The van der Waals surface area contributed by atoms with E-state index in [1.54, 1.807) is 0 Å². The van der Waals surface area contributed by atoms with E-state index >= 15 is 0 Å². The second kappa shape index (κ2) is 11.2.